The first-order chi connectivity index (χ1) is 22.5. The Morgan fingerprint density at radius 3 is 0.913 bits per heavy atom. The number of ether oxygens (including phenoxy) is 6. The average molecular weight is 645 g/mol. The van der Waals surface area contributed by atoms with E-state index < -0.39 is 6.03 Å². The lowest BCUT2D eigenvalue weighted by atomic mass is 10.2. The van der Waals surface area contributed by atoms with Crippen LogP contribution in [0.2, 0.25) is 0 Å². The van der Waals surface area contributed by atoms with Crippen molar-refractivity contribution in [3.63, 3.8) is 0 Å². The van der Waals surface area contributed by atoms with E-state index >= 15 is 0 Å². The summed E-state index contributed by atoms with van der Waals surface area (Å²) in [6.07, 6.45) is 11.5. The molecule has 0 aliphatic rings. The Morgan fingerprint density at radius 2 is 0.674 bits per heavy atom. The van der Waals surface area contributed by atoms with E-state index in [0.717, 1.165) is 77.0 Å². The minimum absolute atomic E-state index is 0.419. The number of amides is 2. The lowest BCUT2D eigenvalue weighted by Crippen LogP contribution is -2.20. The van der Waals surface area contributed by atoms with Crippen LogP contribution in [0.1, 0.15) is 119 Å². The molecule has 2 aromatic rings. The van der Waals surface area contributed by atoms with Gasteiger partial charge in [-0.25, -0.2) is 4.79 Å². The van der Waals surface area contributed by atoms with Crippen LogP contribution in [-0.2, 0) is 0 Å². The van der Waals surface area contributed by atoms with Crippen molar-refractivity contribution in [1.82, 2.24) is 0 Å². The van der Waals surface area contributed by atoms with Crippen molar-refractivity contribution in [3.05, 3.63) is 24.3 Å². The van der Waals surface area contributed by atoms with Gasteiger partial charge in [-0.2, -0.15) is 0 Å². The van der Waals surface area contributed by atoms with Gasteiger partial charge in [-0.1, -0.05) is 80.1 Å². The summed E-state index contributed by atoms with van der Waals surface area (Å²) in [4.78, 5) is 13.4. The Morgan fingerprint density at radius 1 is 0.435 bits per heavy atom. The third kappa shape index (κ3) is 14.3. The van der Waals surface area contributed by atoms with Crippen LogP contribution in [0.15, 0.2) is 24.3 Å². The zero-order chi connectivity index (χ0) is 33.4. The second-order valence-electron chi connectivity index (χ2n) is 11.4. The van der Waals surface area contributed by atoms with Crippen LogP contribution in [-0.4, -0.2) is 45.7 Å². The lowest BCUT2D eigenvalue weighted by Gasteiger charge is -2.20. The molecule has 0 radical (unpaired) electrons. The van der Waals surface area contributed by atoms with Gasteiger partial charge < -0.3 is 39.1 Å². The number of benzene rings is 2. The van der Waals surface area contributed by atoms with E-state index in [-0.39, 0.29) is 0 Å². The fraction of sp³-hybridized carbons (Fsp3) is 0.649. The SMILES string of the molecule is CCCCOc1cc(NC(=O)Nc2cc(OCCCC)c(OCCCC)c(OCCCC)c2)cc(OCCCC)c1OCCCC. The third-order valence-corrected chi connectivity index (χ3v) is 7.07. The van der Waals surface area contributed by atoms with E-state index in [1.807, 2.05) is 0 Å². The van der Waals surface area contributed by atoms with Gasteiger partial charge in [-0.15, -0.1) is 0 Å². The predicted octanol–water partition coefficient (Wildman–Crippen LogP) is 10.4. The highest BCUT2D eigenvalue weighted by Gasteiger charge is 2.20. The van der Waals surface area contributed by atoms with Gasteiger partial charge in [0.15, 0.2) is 23.0 Å². The molecule has 260 valence electrons. The van der Waals surface area contributed by atoms with Gasteiger partial charge in [-0.3, -0.25) is 0 Å². The molecule has 2 rings (SSSR count). The molecular weight excluding hydrogens is 584 g/mol. The molecule has 0 fully saturated rings. The van der Waals surface area contributed by atoms with Crippen molar-refractivity contribution in [2.45, 2.75) is 119 Å². The fourth-order valence-corrected chi connectivity index (χ4v) is 4.25. The number of hydrogen-bond acceptors (Lipinski definition) is 7. The van der Waals surface area contributed by atoms with E-state index in [0.29, 0.717) is 85.5 Å². The van der Waals surface area contributed by atoms with Gasteiger partial charge >= 0.3 is 6.03 Å². The Balaban J connectivity index is 2.39. The molecule has 9 heteroatoms. The molecule has 0 saturated carbocycles. The lowest BCUT2D eigenvalue weighted by molar-refractivity contribution is 0.237. The second-order valence-corrected chi connectivity index (χ2v) is 11.4. The van der Waals surface area contributed by atoms with Gasteiger partial charge in [0.2, 0.25) is 11.5 Å². The van der Waals surface area contributed by atoms with Crippen LogP contribution in [0.3, 0.4) is 0 Å². The van der Waals surface area contributed by atoms with Crippen molar-refractivity contribution in [3.8, 4) is 34.5 Å². The number of hydrogen-bond donors (Lipinski definition) is 2. The van der Waals surface area contributed by atoms with Crippen molar-refractivity contribution in [2.24, 2.45) is 0 Å². The minimum Gasteiger partial charge on any atom is -0.489 e. The summed E-state index contributed by atoms with van der Waals surface area (Å²) in [7, 11) is 0. The fourth-order valence-electron chi connectivity index (χ4n) is 4.25. The molecule has 9 nitrogen and oxygen atoms in total. The van der Waals surface area contributed by atoms with Gasteiger partial charge in [0, 0.05) is 24.3 Å². The highest BCUT2D eigenvalue weighted by Crippen LogP contribution is 2.43. The zero-order valence-electron chi connectivity index (χ0n) is 29.4. The largest absolute Gasteiger partial charge is 0.489 e. The van der Waals surface area contributed by atoms with Gasteiger partial charge in [-0.05, 0) is 38.5 Å². The monoisotopic (exact) mass is 644 g/mol. The molecule has 0 unspecified atom stereocenters. The van der Waals surface area contributed by atoms with E-state index in [1.165, 1.54) is 0 Å². The average Bonchev–Trinajstić information content (AvgIpc) is 3.03. The summed E-state index contributed by atoms with van der Waals surface area (Å²) in [5.74, 6) is 3.38. The summed E-state index contributed by atoms with van der Waals surface area (Å²) in [6.45, 7) is 16.0. The minimum atomic E-state index is -0.419. The number of rotatable bonds is 26. The van der Waals surface area contributed by atoms with Crippen LogP contribution in [0.4, 0.5) is 16.2 Å². The van der Waals surface area contributed by atoms with Gasteiger partial charge in [0.1, 0.15) is 0 Å². The normalized spacial score (nSPS) is 10.7. The maximum absolute atomic E-state index is 13.4. The number of urea groups is 1. The van der Waals surface area contributed by atoms with E-state index in [2.05, 4.69) is 52.2 Å². The number of nitrogens with one attached hydrogen (secondary N) is 2. The topological polar surface area (TPSA) is 96.5 Å². The van der Waals surface area contributed by atoms with E-state index in [9.17, 15) is 4.79 Å². The van der Waals surface area contributed by atoms with Gasteiger partial charge in [0.25, 0.3) is 0 Å². The molecule has 0 aliphatic heterocycles. The molecule has 0 aromatic heterocycles. The van der Waals surface area contributed by atoms with Crippen LogP contribution >= 0.6 is 0 Å². The Labute approximate surface area is 278 Å². The summed E-state index contributed by atoms with van der Waals surface area (Å²) >= 11 is 0. The van der Waals surface area contributed by atoms with Crippen LogP contribution < -0.4 is 39.1 Å². The quantitative estimate of drug-likeness (QED) is 0.0984. The third-order valence-electron chi connectivity index (χ3n) is 7.07. The van der Waals surface area contributed by atoms with Crippen LogP contribution in [0.25, 0.3) is 0 Å². The van der Waals surface area contributed by atoms with Gasteiger partial charge in [0.05, 0.1) is 51.0 Å². The Bertz CT molecular complexity index is 977. The summed E-state index contributed by atoms with van der Waals surface area (Å²) < 4.78 is 36.9. The molecule has 0 aliphatic carbocycles. The number of carbonyl (C=O) groups excluding carboxylic acids is 1. The summed E-state index contributed by atoms with van der Waals surface area (Å²) in [5.41, 5.74) is 1.08. The maximum Gasteiger partial charge on any atom is 0.323 e. The van der Waals surface area contributed by atoms with Crippen LogP contribution in [0.5, 0.6) is 34.5 Å². The highest BCUT2D eigenvalue weighted by molar-refractivity contribution is 6.00. The number of anilines is 2. The first-order valence-corrected chi connectivity index (χ1v) is 17.7. The Hall–Kier alpha value is -3.49. The molecular formula is C37H60N2O7. The number of carbonyl (C=O) groups is 1. The molecule has 0 atom stereocenters. The molecule has 2 N–H and O–H groups in total. The van der Waals surface area contributed by atoms with E-state index in [4.69, 9.17) is 28.4 Å². The first-order valence-electron chi connectivity index (χ1n) is 17.7. The van der Waals surface area contributed by atoms with Crippen LogP contribution in [0, 0.1) is 0 Å². The highest BCUT2D eigenvalue weighted by atomic mass is 16.5. The standard InChI is InChI=1S/C37H60N2O7/c1-7-13-19-41-31-25-29(26-32(42-20-14-8-2)35(31)45-23-17-11-5)38-37(40)39-30-27-33(43-21-15-9-3)36(46-24-18-12-6)34(28-30)44-22-16-10-4/h25-28H,7-24H2,1-6H3,(H2,38,39,40). The molecule has 0 saturated heterocycles. The zero-order valence-corrected chi connectivity index (χ0v) is 29.4. The molecule has 0 bridgehead atoms. The second kappa shape index (κ2) is 23.8. The van der Waals surface area contributed by atoms with Crippen molar-refractivity contribution < 1.29 is 33.2 Å². The molecule has 2 amide bonds. The summed E-state index contributed by atoms with van der Waals surface area (Å²) in [5, 5.41) is 5.94. The van der Waals surface area contributed by atoms with E-state index in [1.54, 1.807) is 24.3 Å². The molecule has 2 aromatic carbocycles. The van der Waals surface area contributed by atoms with Crippen molar-refractivity contribution >= 4 is 17.4 Å². The molecule has 46 heavy (non-hydrogen) atoms. The molecule has 0 spiro atoms. The maximum atomic E-state index is 13.4. The first kappa shape index (κ1) is 38.7. The van der Waals surface area contributed by atoms with Crippen molar-refractivity contribution in [2.75, 3.05) is 50.3 Å². The smallest absolute Gasteiger partial charge is 0.323 e. The summed E-state index contributed by atoms with van der Waals surface area (Å²) in [6, 6.07) is 6.77. The molecule has 0 heterocycles. The predicted molar refractivity (Wildman–Crippen MR) is 188 cm³/mol. The number of unbranched alkanes of at least 4 members (excludes halogenated alkanes) is 6. The van der Waals surface area contributed by atoms with Crippen molar-refractivity contribution in [1.29, 1.82) is 0 Å². The Kier molecular flexibility index (Phi) is 20.0.